The number of imidazole rings is 1. The van der Waals surface area contributed by atoms with E-state index < -0.39 is 0 Å². The van der Waals surface area contributed by atoms with Crippen LogP contribution in [0.15, 0.2) is 42.7 Å². The molecule has 1 saturated heterocycles. The summed E-state index contributed by atoms with van der Waals surface area (Å²) in [5.74, 6) is 0.646. The summed E-state index contributed by atoms with van der Waals surface area (Å²) in [6.07, 6.45) is 4.99. The van der Waals surface area contributed by atoms with Gasteiger partial charge in [0.1, 0.15) is 11.6 Å². The number of nitrogens with zero attached hydrogens (tertiary/aromatic N) is 4. The Morgan fingerprint density at radius 3 is 2.76 bits per heavy atom. The molecule has 5 nitrogen and oxygen atoms in total. The first kappa shape index (κ1) is 15.7. The van der Waals surface area contributed by atoms with Gasteiger partial charge in [0.2, 0.25) is 0 Å². The Balaban J connectivity index is 1.53. The highest BCUT2D eigenvalue weighted by Crippen LogP contribution is 2.29. The molecule has 0 bridgehead atoms. The molecule has 3 heterocycles. The third kappa shape index (κ3) is 2.88. The van der Waals surface area contributed by atoms with Crippen molar-refractivity contribution in [3.63, 3.8) is 0 Å². The van der Waals surface area contributed by atoms with Gasteiger partial charge < -0.3 is 9.47 Å². The van der Waals surface area contributed by atoms with E-state index in [2.05, 4.69) is 14.5 Å². The Kier molecular flexibility index (Phi) is 3.95. The van der Waals surface area contributed by atoms with Crippen LogP contribution in [0.25, 0.3) is 11.0 Å². The number of hydrogen-bond donors (Lipinski definition) is 0. The molecule has 128 valence electrons. The van der Waals surface area contributed by atoms with Crippen molar-refractivity contribution in [2.75, 3.05) is 13.1 Å². The fourth-order valence-electron chi connectivity index (χ4n) is 3.65. The van der Waals surface area contributed by atoms with Gasteiger partial charge in [-0.2, -0.15) is 0 Å². The SMILES string of the molecule is Cc1nc2cc(F)ccc2n1C1CCN(C(=O)c2cccnc2)CC1. The molecule has 1 aliphatic rings. The first-order chi connectivity index (χ1) is 12.1. The van der Waals surface area contributed by atoms with E-state index in [9.17, 15) is 9.18 Å². The summed E-state index contributed by atoms with van der Waals surface area (Å²) < 4.78 is 15.6. The van der Waals surface area contributed by atoms with Crippen LogP contribution in [-0.2, 0) is 0 Å². The Morgan fingerprint density at radius 2 is 2.04 bits per heavy atom. The van der Waals surface area contributed by atoms with Crippen molar-refractivity contribution in [3.05, 3.63) is 59.9 Å². The van der Waals surface area contributed by atoms with Gasteiger partial charge in [0.25, 0.3) is 5.91 Å². The second kappa shape index (κ2) is 6.27. The van der Waals surface area contributed by atoms with E-state index in [1.54, 1.807) is 30.6 Å². The molecule has 25 heavy (non-hydrogen) atoms. The summed E-state index contributed by atoms with van der Waals surface area (Å²) >= 11 is 0. The molecule has 2 aromatic heterocycles. The minimum Gasteiger partial charge on any atom is -0.338 e. The van der Waals surface area contributed by atoms with E-state index in [0.717, 1.165) is 24.2 Å². The number of benzene rings is 1. The van der Waals surface area contributed by atoms with Crippen molar-refractivity contribution in [1.29, 1.82) is 0 Å². The summed E-state index contributed by atoms with van der Waals surface area (Å²) in [5, 5.41) is 0. The lowest BCUT2D eigenvalue weighted by atomic mass is 10.0. The molecule has 1 aromatic carbocycles. The average molecular weight is 338 g/mol. The summed E-state index contributed by atoms with van der Waals surface area (Å²) in [4.78, 5) is 22.9. The summed E-state index contributed by atoms with van der Waals surface area (Å²) in [5.41, 5.74) is 2.27. The molecule has 0 spiro atoms. The van der Waals surface area contributed by atoms with Gasteiger partial charge in [-0.05, 0) is 44.0 Å². The maximum Gasteiger partial charge on any atom is 0.255 e. The van der Waals surface area contributed by atoms with Gasteiger partial charge in [-0.25, -0.2) is 9.37 Å². The Labute approximate surface area is 145 Å². The highest BCUT2D eigenvalue weighted by atomic mass is 19.1. The van der Waals surface area contributed by atoms with Crippen molar-refractivity contribution in [1.82, 2.24) is 19.4 Å². The van der Waals surface area contributed by atoms with E-state index in [-0.39, 0.29) is 17.8 Å². The van der Waals surface area contributed by atoms with E-state index in [1.165, 1.54) is 12.1 Å². The number of hydrogen-bond acceptors (Lipinski definition) is 3. The molecule has 1 fully saturated rings. The number of rotatable bonds is 2. The molecular weight excluding hydrogens is 319 g/mol. The Bertz CT molecular complexity index is 914. The standard InChI is InChI=1S/C19H19FN4O/c1-13-22-17-11-15(20)4-5-18(17)24(13)16-6-9-23(10-7-16)19(25)14-3-2-8-21-12-14/h2-5,8,11-12,16H,6-7,9-10H2,1H3. The number of likely N-dealkylation sites (tertiary alicyclic amines) is 1. The summed E-state index contributed by atoms with van der Waals surface area (Å²) in [6.45, 7) is 3.34. The van der Waals surface area contributed by atoms with Gasteiger partial charge in [0.05, 0.1) is 16.6 Å². The second-order valence-electron chi connectivity index (χ2n) is 6.43. The van der Waals surface area contributed by atoms with E-state index in [1.807, 2.05) is 11.8 Å². The fourth-order valence-corrected chi connectivity index (χ4v) is 3.65. The van der Waals surface area contributed by atoms with Gasteiger partial charge in [0, 0.05) is 37.6 Å². The number of pyridine rings is 1. The van der Waals surface area contributed by atoms with Crippen LogP contribution in [0, 0.1) is 12.7 Å². The molecular formula is C19H19FN4O. The van der Waals surface area contributed by atoms with Crippen molar-refractivity contribution >= 4 is 16.9 Å². The zero-order chi connectivity index (χ0) is 17.4. The first-order valence-electron chi connectivity index (χ1n) is 8.47. The molecule has 0 unspecified atom stereocenters. The zero-order valence-corrected chi connectivity index (χ0v) is 14.0. The predicted molar refractivity (Wildman–Crippen MR) is 92.8 cm³/mol. The fraction of sp³-hybridized carbons (Fsp3) is 0.316. The molecule has 0 saturated carbocycles. The summed E-state index contributed by atoms with van der Waals surface area (Å²) in [7, 11) is 0. The monoisotopic (exact) mass is 338 g/mol. The lowest BCUT2D eigenvalue weighted by Gasteiger charge is -2.33. The van der Waals surface area contributed by atoms with Crippen LogP contribution in [-0.4, -0.2) is 38.4 Å². The molecule has 1 amide bonds. The normalized spacial score (nSPS) is 15.7. The number of halogens is 1. The number of aryl methyl sites for hydroxylation is 1. The van der Waals surface area contributed by atoms with E-state index in [0.29, 0.717) is 24.2 Å². The molecule has 0 N–H and O–H groups in total. The van der Waals surface area contributed by atoms with Crippen molar-refractivity contribution in [2.45, 2.75) is 25.8 Å². The number of carbonyl (C=O) groups excluding carboxylic acids is 1. The van der Waals surface area contributed by atoms with Gasteiger partial charge in [0.15, 0.2) is 0 Å². The quantitative estimate of drug-likeness (QED) is 0.720. The lowest BCUT2D eigenvalue weighted by molar-refractivity contribution is 0.0695. The smallest absolute Gasteiger partial charge is 0.255 e. The van der Waals surface area contributed by atoms with Crippen LogP contribution in [0.2, 0.25) is 0 Å². The molecule has 1 aliphatic heterocycles. The Hall–Kier alpha value is -2.76. The molecule has 4 rings (SSSR count). The number of carbonyl (C=O) groups is 1. The van der Waals surface area contributed by atoms with Gasteiger partial charge >= 0.3 is 0 Å². The van der Waals surface area contributed by atoms with Gasteiger partial charge in [-0.3, -0.25) is 9.78 Å². The maximum atomic E-state index is 13.4. The second-order valence-corrected chi connectivity index (χ2v) is 6.43. The highest BCUT2D eigenvalue weighted by Gasteiger charge is 2.26. The predicted octanol–water partition coefficient (Wildman–Crippen LogP) is 3.36. The lowest BCUT2D eigenvalue weighted by Crippen LogP contribution is -2.39. The average Bonchev–Trinajstić information content (AvgIpc) is 2.97. The van der Waals surface area contributed by atoms with Crippen LogP contribution < -0.4 is 0 Å². The topological polar surface area (TPSA) is 51.0 Å². The molecule has 6 heteroatoms. The highest BCUT2D eigenvalue weighted by molar-refractivity contribution is 5.93. The maximum absolute atomic E-state index is 13.4. The minimum atomic E-state index is -0.269. The molecule has 0 radical (unpaired) electrons. The van der Waals surface area contributed by atoms with Crippen molar-refractivity contribution < 1.29 is 9.18 Å². The third-order valence-electron chi connectivity index (χ3n) is 4.85. The number of piperidine rings is 1. The van der Waals surface area contributed by atoms with Gasteiger partial charge in [-0.1, -0.05) is 0 Å². The Morgan fingerprint density at radius 1 is 1.24 bits per heavy atom. The van der Waals surface area contributed by atoms with Crippen LogP contribution in [0.1, 0.15) is 35.1 Å². The number of fused-ring (bicyclic) bond motifs is 1. The molecule has 0 atom stereocenters. The largest absolute Gasteiger partial charge is 0.338 e. The third-order valence-corrected chi connectivity index (χ3v) is 4.85. The molecule has 0 aliphatic carbocycles. The van der Waals surface area contributed by atoms with Crippen LogP contribution in [0.3, 0.4) is 0 Å². The number of amides is 1. The first-order valence-corrected chi connectivity index (χ1v) is 8.47. The summed E-state index contributed by atoms with van der Waals surface area (Å²) in [6, 6.07) is 8.58. The number of aromatic nitrogens is 3. The van der Waals surface area contributed by atoms with Crippen molar-refractivity contribution in [3.8, 4) is 0 Å². The minimum absolute atomic E-state index is 0.0285. The van der Waals surface area contributed by atoms with Crippen molar-refractivity contribution in [2.24, 2.45) is 0 Å². The van der Waals surface area contributed by atoms with Gasteiger partial charge in [-0.15, -0.1) is 0 Å². The van der Waals surface area contributed by atoms with Crippen LogP contribution in [0.5, 0.6) is 0 Å². The zero-order valence-electron chi connectivity index (χ0n) is 14.0. The van der Waals surface area contributed by atoms with E-state index >= 15 is 0 Å². The van der Waals surface area contributed by atoms with E-state index in [4.69, 9.17) is 0 Å². The van der Waals surface area contributed by atoms with Crippen LogP contribution in [0.4, 0.5) is 4.39 Å². The van der Waals surface area contributed by atoms with Crippen LogP contribution >= 0.6 is 0 Å². The molecule has 3 aromatic rings.